The van der Waals surface area contributed by atoms with Gasteiger partial charge < -0.3 is 20.3 Å². The molecule has 0 aliphatic carbocycles. The summed E-state index contributed by atoms with van der Waals surface area (Å²) in [6.45, 7) is 2.90. The number of carbonyl (C=O) groups excluding carboxylic acids is 1. The summed E-state index contributed by atoms with van der Waals surface area (Å²) < 4.78 is 28.8. The van der Waals surface area contributed by atoms with Crippen LogP contribution in [0, 0.1) is 0 Å². The quantitative estimate of drug-likeness (QED) is 0.602. The summed E-state index contributed by atoms with van der Waals surface area (Å²) in [4.78, 5) is 11.8. The third kappa shape index (κ3) is 8.28. The third-order valence-electron chi connectivity index (χ3n) is 3.35. The van der Waals surface area contributed by atoms with Crippen molar-refractivity contribution >= 4 is 15.9 Å². The Bertz CT molecular complexity index is 615. The van der Waals surface area contributed by atoms with Crippen molar-refractivity contribution in [1.82, 2.24) is 5.32 Å². The molecule has 0 bridgehead atoms. The zero-order chi connectivity index (χ0) is 18.2. The van der Waals surface area contributed by atoms with Crippen LogP contribution in [-0.2, 0) is 21.2 Å². The SMILES string of the molecule is CC(C)(CCS(=O)(=O)C[C@@H](O)CO)NC(=O)OCc1ccccc1. The van der Waals surface area contributed by atoms with E-state index in [1.54, 1.807) is 13.8 Å². The van der Waals surface area contributed by atoms with E-state index in [2.05, 4.69) is 5.32 Å². The summed E-state index contributed by atoms with van der Waals surface area (Å²) in [5.41, 5.74) is 0.0661. The average molecular weight is 359 g/mol. The number of rotatable bonds is 9. The molecule has 0 aliphatic heterocycles. The first-order valence-corrected chi connectivity index (χ1v) is 9.44. The van der Waals surface area contributed by atoms with Crippen LogP contribution in [0.5, 0.6) is 0 Å². The number of alkyl carbamates (subject to hydrolysis) is 1. The molecule has 1 atom stereocenters. The van der Waals surface area contributed by atoms with Gasteiger partial charge in [-0.15, -0.1) is 0 Å². The molecule has 0 unspecified atom stereocenters. The largest absolute Gasteiger partial charge is 0.445 e. The van der Waals surface area contributed by atoms with Crippen LogP contribution < -0.4 is 5.32 Å². The smallest absolute Gasteiger partial charge is 0.407 e. The van der Waals surface area contributed by atoms with E-state index in [1.165, 1.54) is 0 Å². The average Bonchev–Trinajstić information content (AvgIpc) is 2.51. The highest BCUT2D eigenvalue weighted by atomic mass is 32.2. The van der Waals surface area contributed by atoms with Gasteiger partial charge in [0.1, 0.15) is 6.61 Å². The lowest BCUT2D eigenvalue weighted by Crippen LogP contribution is -2.45. The number of carbonyl (C=O) groups is 1. The van der Waals surface area contributed by atoms with Crippen LogP contribution >= 0.6 is 0 Å². The standard InChI is InChI=1S/C16H25NO6S/c1-16(2,8-9-24(21,22)12-14(19)10-18)17-15(20)23-11-13-6-4-3-5-7-13/h3-7,14,18-19H,8-12H2,1-2H3,(H,17,20)/t14-/m0/s1. The number of aliphatic hydroxyl groups is 2. The van der Waals surface area contributed by atoms with Crippen LogP contribution in [0.4, 0.5) is 4.79 Å². The van der Waals surface area contributed by atoms with Crippen LogP contribution in [0.2, 0.25) is 0 Å². The molecule has 1 aromatic carbocycles. The second-order valence-electron chi connectivity index (χ2n) is 6.27. The fraction of sp³-hybridized carbons (Fsp3) is 0.562. The Hall–Kier alpha value is -1.64. The Kier molecular flexibility index (Phi) is 7.65. The molecule has 8 heteroatoms. The van der Waals surface area contributed by atoms with E-state index in [-0.39, 0.29) is 18.8 Å². The molecular weight excluding hydrogens is 334 g/mol. The van der Waals surface area contributed by atoms with Gasteiger partial charge in [-0.25, -0.2) is 13.2 Å². The van der Waals surface area contributed by atoms with E-state index in [1.807, 2.05) is 30.3 Å². The molecule has 3 N–H and O–H groups in total. The Morgan fingerprint density at radius 2 is 1.92 bits per heavy atom. The van der Waals surface area contributed by atoms with E-state index in [4.69, 9.17) is 9.84 Å². The van der Waals surface area contributed by atoms with Gasteiger partial charge in [0.05, 0.1) is 24.2 Å². The number of hydrogen-bond acceptors (Lipinski definition) is 6. The van der Waals surface area contributed by atoms with Gasteiger partial charge in [-0.2, -0.15) is 0 Å². The van der Waals surface area contributed by atoms with Crippen molar-refractivity contribution in [3.63, 3.8) is 0 Å². The molecule has 0 fully saturated rings. The first-order chi connectivity index (χ1) is 11.1. The molecule has 0 spiro atoms. The summed E-state index contributed by atoms with van der Waals surface area (Å²) in [6.07, 6.45) is -1.76. The number of ether oxygens (including phenoxy) is 1. The molecule has 0 saturated carbocycles. The molecule has 24 heavy (non-hydrogen) atoms. The summed E-state index contributed by atoms with van der Waals surface area (Å²) in [7, 11) is -3.52. The van der Waals surface area contributed by atoms with Crippen molar-refractivity contribution in [3.05, 3.63) is 35.9 Å². The predicted molar refractivity (Wildman–Crippen MR) is 90.2 cm³/mol. The molecule has 0 aliphatic rings. The van der Waals surface area contributed by atoms with Crippen molar-refractivity contribution < 1.29 is 28.2 Å². The molecule has 136 valence electrons. The summed E-state index contributed by atoms with van der Waals surface area (Å²) >= 11 is 0. The van der Waals surface area contributed by atoms with E-state index >= 15 is 0 Å². The van der Waals surface area contributed by atoms with Gasteiger partial charge in [0.25, 0.3) is 0 Å². The van der Waals surface area contributed by atoms with Gasteiger partial charge in [0.15, 0.2) is 9.84 Å². The van der Waals surface area contributed by atoms with E-state index in [0.29, 0.717) is 0 Å². The number of sulfone groups is 1. The monoisotopic (exact) mass is 359 g/mol. The third-order valence-corrected chi connectivity index (χ3v) is 5.07. The maximum Gasteiger partial charge on any atom is 0.407 e. The number of benzene rings is 1. The van der Waals surface area contributed by atoms with E-state index in [9.17, 15) is 18.3 Å². The van der Waals surface area contributed by atoms with Crippen molar-refractivity contribution in [2.24, 2.45) is 0 Å². The Morgan fingerprint density at radius 3 is 2.50 bits per heavy atom. The second kappa shape index (κ2) is 9.00. The number of hydrogen-bond donors (Lipinski definition) is 3. The first kappa shape index (κ1) is 20.4. The highest BCUT2D eigenvalue weighted by molar-refractivity contribution is 7.91. The zero-order valence-electron chi connectivity index (χ0n) is 13.9. The number of amides is 1. The van der Waals surface area contributed by atoms with Gasteiger partial charge in [-0.05, 0) is 25.8 Å². The second-order valence-corrected chi connectivity index (χ2v) is 8.50. The minimum Gasteiger partial charge on any atom is -0.445 e. The predicted octanol–water partition coefficient (Wildman–Crippen LogP) is 0.849. The molecule has 0 aromatic heterocycles. The normalized spacial score (nSPS) is 13.3. The van der Waals surface area contributed by atoms with Gasteiger partial charge in [0.2, 0.25) is 0 Å². The maximum absolute atomic E-state index is 11.8. The van der Waals surface area contributed by atoms with E-state index < -0.39 is 39.9 Å². The van der Waals surface area contributed by atoms with Crippen LogP contribution in [0.1, 0.15) is 25.8 Å². The summed E-state index contributed by atoms with van der Waals surface area (Å²) in [5.74, 6) is -0.714. The lowest BCUT2D eigenvalue weighted by molar-refractivity contribution is 0.112. The van der Waals surface area contributed by atoms with Crippen molar-refractivity contribution in [2.75, 3.05) is 18.1 Å². The van der Waals surface area contributed by atoms with Crippen molar-refractivity contribution in [3.8, 4) is 0 Å². The highest BCUT2D eigenvalue weighted by Gasteiger charge is 2.25. The molecule has 0 radical (unpaired) electrons. The Balaban J connectivity index is 2.43. The molecule has 1 rings (SSSR count). The molecule has 0 heterocycles. The zero-order valence-corrected chi connectivity index (χ0v) is 14.8. The topological polar surface area (TPSA) is 113 Å². The van der Waals surface area contributed by atoms with Crippen LogP contribution in [0.3, 0.4) is 0 Å². The number of aliphatic hydroxyl groups excluding tert-OH is 2. The van der Waals surface area contributed by atoms with Crippen LogP contribution in [-0.4, -0.2) is 54.5 Å². The van der Waals surface area contributed by atoms with Crippen molar-refractivity contribution in [2.45, 2.75) is 38.5 Å². The number of nitrogens with one attached hydrogen (secondary N) is 1. The summed E-state index contributed by atoms with van der Waals surface area (Å²) in [6, 6.07) is 9.20. The first-order valence-electron chi connectivity index (χ1n) is 7.62. The molecule has 7 nitrogen and oxygen atoms in total. The molecular formula is C16H25NO6S. The fourth-order valence-electron chi connectivity index (χ4n) is 1.94. The lowest BCUT2D eigenvalue weighted by Gasteiger charge is -2.26. The molecule has 0 saturated heterocycles. The van der Waals surface area contributed by atoms with Crippen LogP contribution in [0.25, 0.3) is 0 Å². The molecule has 1 amide bonds. The van der Waals surface area contributed by atoms with Gasteiger partial charge in [-0.3, -0.25) is 0 Å². The Labute approximate surface area is 142 Å². The maximum atomic E-state index is 11.8. The molecule has 1 aromatic rings. The van der Waals surface area contributed by atoms with Crippen LogP contribution in [0.15, 0.2) is 30.3 Å². The van der Waals surface area contributed by atoms with E-state index in [0.717, 1.165) is 5.56 Å². The van der Waals surface area contributed by atoms with Gasteiger partial charge >= 0.3 is 6.09 Å². The van der Waals surface area contributed by atoms with Gasteiger partial charge in [0, 0.05) is 5.54 Å². The fourth-order valence-corrected chi connectivity index (χ4v) is 3.62. The highest BCUT2D eigenvalue weighted by Crippen LogP contribution is 2.12. The summed E-state index contributed by atoms with van der Waals surface area (Å²) in [5, 5.41) is 20.6. The lowest BCUT2D eigenvalue weighted by atomic mass is 10.0. The minimum atomic E-state index is -3.52. The van der Waals surface area contributed by atoms with Gasteiger partial charge in [-0.1, -0.05) is 30.3 Å². The van der Waals surface area contributed by atoms with Crippen molar-refractivity contribution in [1.29, 1.82) is 0 Å². The Morgan fingerprint density at radius 1 is 1.29 bits per heavy atom. The minimum absolute atomic E-state index is 0.129.